The van der Waals surface area contributed by atoms with E-state index in [1.54, 1.807) is 11.3 Å². The molecule has 1 N–H and O–H groups in total. The van der Waals surface area contributed by atoms with Crippen LogP contribution in [0.3, 0.4) is 0 Å². The number of aromatic nitrogens is 1. The van der Waals surface area contributed by atoms with Crippen molar-refractivity contribution in [2.24, 2.45) is 0 Å². The zero-order valence-electron chi connectivity index (χ0n) is 10.6. The summed E-state index contributed by atoms with van der Waals surface area (Å²) in [5.41, 5.74) is 1.14. The maximum atomic E-state index is 12.4. The Morgan fingerprint density at radius 3 is 2.78 bits per heavy atom. The van der Waals surface area contributed by atoms with Gasteiger partial charge in [0, 0.05) is 37.5 Å². The standard InChI is InChI=1S/C13H19N3OS/c17-13(16-8-2-1-3-9-16)12-15-10-4-6-14-7-5-11(10)18-12/h14H,1-9H2. The molecule has 18 heavy (non-hydrogen) atoms. The molecule has 1 fully saturated rings. The number of hydrogen-bond donors (Lipinski definition) is 1. The Balaban J connectivity index is 1.77. The van der Waals surface area contributed by atoms with Gasteiger partial charge in [0.05, 0.1) is 5.69 Å². The van der Waals surface area contributed by atoms with Crippen molar-refractivity contribution in [3.8, 4) is 0 Å². The quantitative estimate of drug-likeness (QED) is 0.836. The molecule has 2 aliphatic heterocycles. The summed E-state index contributed by atoms with van der Waals surface area (Å²) in [6.45, 7) is 3.80. The van der Waals surface area contributed by atoms with Crippen LogP contribution in [0.15, 0.2) is 0 Å². The number of nitrogens with zero attached hydrogens (tertiary/aromatic N) is 2. The fraction of sp³-hybridized carbons (Fsp3) is 0.692. The second-order valence-corrected chi connectivity index (χ2v) is 6.08. The first-order chi connectivity index (χ1) is 8.84. The van der Waals surface area contributed by atoms with Gasteiger partial charge in [0.2, 0.25) is 0 Å². The molecule has 1 amide bonds. The van der Waals surface area contributed by atoms with Gasteiger partial charge < -0.3 is 10.2 Å². The first-order valence-electron chi connectivity index (χ1n) is 6.83. The summed E-state index contributed by atoms with van der Waals surface area (Å²) in [6, 6.07) is 0. The van der Waals surface area contributed by atoms with Crippen molar-refractivity contribution in [1.82, 2.24) is 15.2 Å². The normalized spacial score (nSPS) is 20.3. The Morgan fingerprint density at radius 2 is 1.94 bits per heavy atom. The van der Waals surface area contributed by atoms with E-state index < -0.39 is 0 Å². The number of rotatable bonds is 1. The molecule has 0 saturated carbocycles. The highest BCUT2D eigenvalue weighted by atomic mass is 32.1. The topological polar surface area (TPSA) is 45.2 Å². The highest BCUT2D eigenvalue weighted by Crippen LogP contribution is 2.23. The van der Waals surface area contributed by atoms with Gasteiger partial charge in [-0.05, 0) is 25.7 Å². The van der Waals surface area contributed by atoms with Crippen molar-refractivity contribution in [2.45, 2.75) is 32.1 Å². The second kappa shape index (κ2) is 5.36. The smallest absolute Gasteiger partial charge is 0.282 e. The predicted octanol–water partition coefficient (Wildman–Crippen LogP) is 1.46. The lowest BCUT2D eigenvalue weighted by Crippen LogP contribution is -2.35. The average Bonchev–Trinajstić information content (AvgIpc) is 2.70. The molecule has 1 saturated heterocycles. The Hall–Kier alpha value is -0.940. The summed E-state index contributed by atoms with van der Waals surface area (Å²) >= 11 is 1.61. The zero-order chi connectivity index (χ0) is 12.4. The van der Waals surface area contributed by atoms with Crippen LogP contribution < -0.4 is 5.32 Å². The number of likely N-dealkylation sites (tertiary alicyclic amines) is 1. The Labute approximate surface area is 111 Å². The molecule has 0 unspecified atom stereocenters. The minimum atomic E-state index is 0.153. The number of carbonyl (C=O) groups excluding carboxylic acids is 1. The molecule has 98 valence electrons. The van der Waals surface area contributed by atoms with E-state index in [2.05, 4.69) is 10.3 Å². The SMILES string of the molecule is O=C(c1nc2c(s1)CCNCC2)N1CCCCC1. The van der Waals surface area contributed by atoms with Crippen LogP contribution in [0.4, 0.5) is 0 Å². The van der Waals surface area contributed by atoms with Crippen molar-refractivity contribution in [3.05, 3.63) is 15.6 Å². The van der Waals surface area contributed by atoms with E-state index in [1.165, 1.54) is 11.3 Å². The number of nitrogens with one attached hydrogen (secondary N) is 1. The summed E-state index contributed by atoms with van der Waals surface area (Å²) in [6.07, 6.45) is 5.50. The van der Waals surface area contributed by atoms with Crippen LogP contribution in [-0.2, 0) is 12.8 Å². The minimum absolute atomic E-state index is 0.153. The molecule has 1 aromatic rings. The molecular formula is C13H19N3OS. The molecule has 0 aliphatic carbocycles. The molecule has 1 aromatic heterocycles. The molecular weight excluding hydrogens is 246 g/mol. The summed E-state index contributed by atoms with van der Waals surface area (Å²) in [5, 5.41) is 4.08. The van der Waals surface area contributed by atoms with Gasteiger partial charge in [0.15, 0.2) is 5.01 Å². The van der Waals surface area contributed by atoms with Crippen LogP contribution in [0.2, 0.25) is 0 Å². The zero-order valence-corrected chi connectivity index (χ0v) is 11.4. The van der Waals surface area contributed by atoms with Crippen molar-refractivity contribution < 1.29 is 4.79 Å². The van der Waals surface area contributed by atoms with Crippen LogP contribution in [0, 0.1) is 0 Å². The fourth-order valence-electron chi connectivity index (χ4n) is 2.63. The Morgan fingerprint density at radius 1 is 1.17 bits per heavy atom. The molecule has 0 aromatic carbocycles. The van der Waals surface area contributed by atoms with E-state index in [4.69, 9.17) is 0 Å². The van der Waals surface area contributed by atoms with E-state index in [0.717, 1.165) is 57.6 Å². The Bertz CT molecular complexity index is 414. The number of fused-ring (bicyclic) bond motifs is 1. The molecule has 4 nitrogen and oxygen atoms in total. The molecule has 5 heteroatoms. The van der Waals surface area contributed by atoms with Crippen molar-refractivity contribution in [2.75, 3.05) is 26.2 Å². The minimum Gasteiger partial charge on any atom is -0.337 e. The van der Waals surface area contributed by atoms with Crippen molar-refractivity contribution in [1.29, 1.82) is 0 Å². The second-order valence-electron chi connectivity index (χ2n) is 4.99. The number of hydrogen-bond acceptors (Lipinski definition) is 4. The summed E-state index contributed by atoms with van der Waals surface area (Å²) in [4.78, 5) is 20.2. The average molecular weight is 265 g/mol. The van der Waals surface area contributed by atoms with Gasteiger partial charge in [-0.3, -0.25) is 4.79 Å². The highest BCUT2D eigenvalue weighted by Gasteiger charge is 2.23. The van der Waals surface area contributed by atoms with Gasteiger partial charge in [-0.2, -0.15) is 0 Å². The van der Waals surface area contributed by atoms with Gasteiger partial charge in [-0.15, -0.1) is 11.3 Å². The van der Waals surface area contributed by atoms with Crippen LogP contribution in [0.5, 0.6) is 0 Å². The van der Waals surface area contributed by atoms with E-state index in [9.17, 15) is 4.79 Å². The highest BCUT2D eigenvalue weighted by molar-refractivity contribution is 7.13. The third-order valence-corrected chi connectivity index (χ3v) is 4.82. The molecule has 3 rings (SSSR count). The lowest BCUT2D eigenvalue weighted by Gasteiger charge is -2.25. The Kier molecular flexibility index (Phi) is 3.61. The van der Waals surface area contributed by atoms with Crippen LogP contribution >= 0.6 is 11.3 Å². The maximum absolute atomic E-state index is 12.4. The van der Waals surface area contributed by atoms with Gasteiger partial charge in [0.25, 0.3) is 5.91 Å². The maximum Gasteiger partial charge on any atom is 0.282 e. The first-order valence-corrected chi connectivity index (χ1v) is 7.65. The van der Waals surface area contributed by atoms with Gasteiger partial charge in [-0.1, -0.05) is 0 Å². The summed E-state index contributed by atoms with van der Waals surface area (Å²) in [5.74, 6) is 0.153. The van der Waals surface area contributed by atoms with E-state index >= 15 is 0 Å². The van der Waals surface area contributed by atoms with Crippen LogP contribution in [0.25, 0.3) is 0 Å². The summed E-state index contributed by atoms with van der Waals surface area (Å²) < 4.78 is 0. The third kappa shape index (κ3) is 2.42. The van der Waals surface area contributed by atoms with Gasteiger partial charge in [0.1, 0.15) is 0 Å². The summed E-state index contributed by atoms with van der Waals surface area (Å²) in [7, 11) is 0. The number of carbonyl (C=O) groups is 1. The first kappa shape index (κ1) is 12.1. The largest absolute Gasteiger partial charge is 0.337 e. The molecule has 2 aliphatic rings. The lowest BCUT2D eigenvalue weighted by molar-refractivity contribution is 0.0723. The van der Waals surface area contributed by atoms with E-state index in [-0.39, 0.29) is 5.91 Å². The molecule has 0 bridgehead atoms. The van der Waals surface area contributed by atoms with Crippen molar-refractivity contribution in [3.63, 3.8) is 0 Å². The van der Waals surface area contributed by atoms with Crippen LogP contribution in [0.1, 0.15) is 39.6 Å². The third-order valence-electron chi connectivity index (χ3n) is 3.67. The molecule has 0 radical (unpaired) electrons. The number of thiazole rings is 1. The van der Waals surface area contributed by atoms with Gasteiger partial charge >= 0.3 is 0 Å². The fourth-order valence-corrected chi connectivity index (χ4v) is 3.71. The van der Waals surface area contributed by atoms with E-state index in [1.807, 2.05) is 4.90 Å². The van der Waals surface area contributed by atoms with Crippen LogP contribution in [-0.4, -0.2) is 42.0 Å². The molecule has 0 spiro atoms. The van der Waals surface area contributed by atoms with Crippen molar-refractivity contribution >= 4 is 17.2 Å². The number of amides is 1. The lowest BCUT2D eigenvalue weighted by atomic mass is 10.1. The molecule has 0 atom stereocenters. The monoisotopic (exact) mass is 265 g/mol. The van der Waals surface area contributed by atoms with E-state index in [0.29, 0.717) is 5.01 Å². The van der Waals surface area contributed by atoms with Gasteiger partial charge in [-0.25, -0.2) is 4.98 Å². The predicted molar refractivity (Wildman–Crippen MR) is 72.1 cm³/mol. The number of piperidine rings is 1. The molecule has 3 heterocycles.